The summed E-state index contributed by atoms with van der Waals surface area (Å²) in [4.78, 5) is 0. The highest BCUT2D eigenvalue weighted by Gasteiger charge is 2.51. The van der Waals surface area contributed by atoms with E-state index in [4.69, 9.17) is 18.1 Å². The first-order chi connectivity index (χ1) is 10.5. The van der Waals surface area contributed by atoms with Gasteiger partial charge in [0.15, 0.2) is 0 Å². The Labute approximate surface area is 132 Å². The Hall–Kier alpha value is 0.220. The molecule has 0 aromatic carbocycles. The summed E-state index contributed by atoms with van der Waals surface area (Å²) in [5, 5.41) is 0. The Kier molecular flexibility index (Phi) is 8.75. The van der Waals surface area contributed by atoms with Gasteiger partial charge in [-0.05, 0) is 40.5 Å². The molecule has 0 radical (unpaired) electrons. The molecule has 0 saturated heterocycles. The Morgan fingerprint density at radius 2 is 1.23 bits per heavy atom. The molecule has 0 atom stereocenters. The van der Waals surface area contributed by atoms with Crippen LogP contribution in [0.1, 0.15) is 40.5 Å². The zero-order valence-electron chi connectivity index (χ0n) is 13.7. The van der Waals surface area contributed by atoms with Crippen LogP contribution in [0.15, 0.2) is 0 Å². The molecular weight excluding hydrogens is 330 g/mol. The van der Waals surface area contributed by atoms with Crippen LogP contribution >= 0.6 is 15.2 Å². The highest BCUT2D eigenvalue weighted by molar-refractivity contribution is 7.72. The van der Waals surface area contributed by atoms with Crippen molar-refractivity contribution in [1.82, 2.24) is 10.9 Å². The molecule has 2 N–H and O–H groups in total. The lowest BCUT2D eigenvalue weighted by molar-refractivity contribution is 0.187. The van der Waals surface area contributed by atoms with Crippen LogP contribution in [0.2, 0.25) is 0 Å². The summed E-state index contributed by atoms with van der Waals surface area (Å²) < 4.78 is 47.4. The lowest BCUT2D eigenvalue weighted by atomic mass is 10.8. The van der Waals surface area contributed by atoms with Gasteiger partial charge >= 0.3 is 15.2 Å². The largest absolute Gasteiger partial charge is 0.361 e. The van der Waals surface area contributed by atoms with E-state index >= 15 is 0 Å². The second-order valence-corrected chi connectivity index (χ2v) is 9.32. The first kappa shape index (κ1) is 20.3. The van der Waals surface area contributed by atoms with Gasteiger partial charge in [0, 0.05) is 6.04 Å². The van der Waals surface area contributed by atoms with E-state index in [1.807, 2.05) is 0 Å². The molecular formula is C12H28N2O6P2. The van der Waals surface area contributed by atoms with Crippen molar-refractivity contribution >= 4 is 15.2 Å². The smallest absolute Gasteiger partial charge is 0.307 e. The first-order valence-corrected chi connectivity index (χ1v) is 11.0. The molecule has 1 rings (SSSR count). The van der Waals surface area contributed by atoms with Gasteiger partial charge in [-0.3, -0.25) is 14.6 Å². The molecule has 10 heteroatoms. The quantitative estimate of drug-likeness (QED) is 0.383. The molecule has 0 aromatic rings. The van der Waals surface area contributed by atoms with E-state index in [1.165, 1.54) is 0 Å². The van der Waals surface area contributed by atoms with E-state index in [0.717, 1.165) is 12.8 Å². The molecule has 132 valence electrons. The highest BCUT2D eigenvalue weighted by atomic mass is 31.2. The summed E-state index contributed by atoms with van der Waals surface area (Å²) in [7, 11) is -7.45. The second kappa shape index (κ2) is 9.50. The number of hydrazine groups is 1. The average molecular weight is 358 g/mol. The Balaban J connectivity index is 3.05. The summed E-state index contributed by atoms with van der Waals surface area (Å²) in [5.41, 5.74) is 4.61. The predicted octanol–water partition coefficient (Wildman–Crippen LogP) is 3.06. The summed E-state index contributed by atoms with van der Waals surface area (Å²) in [6.07, 6.45) is 2.00. The van der Waals surface area contributed by atoms with Gasteiger partial charge in [0.1, 0.15) is 0 Å². The maximum Gasteiger partial charge on any atom is 0.361 e. The number of nitrogens with one attached hydrogen (secondary N) is 2. The van der Waals surface area contributed by atoms with Crippen molar-refractivity contribution in [3.05, 3.63) is 0 Å². The molecule has 0 unspecified atom stereocenters. The minimum atomic E-state index is -3.73. The van der Waals surface area contributed by atoms with E-state index < -0.39 is 20.7 Å². The van der Waals surface area contributed by atoms with Crippen molar-refractivity contribution in [2.75, 3.05) is 26.4 Å². The highest BCUT2D eigenvalue weighted by Crippen LogP contribution is 2.69. The predicted molar refractivity (Wildman–Crippen MR) is 84.8 cm³/mol. The Morgan fingerprint density at radius 3 is 1.50 bits per heavy atom. The van der Waals surface area contributed by atoms with E-state index in [1.54, 1.807) is 27.7 Å². The van der Waals surface area contributed by atoms with Crippen molar-refractivity contribution in [1.29, 1.82) is 0 Å². The van der Waals surface area contributed by atoms with Crippen molar-refractivity contribution in [3.63, 3.8) is 0 Å². The third-order valence-corrected chi connectivity index (χ3v) is 8.45. The van der Waals surface area contributed by atoms with E-state index in [0.29, 0.717) is 0 Å². The van der Waals surface area contributed by atoms with Gasteiger partial charge in [-0.1, -0.05) is 0 Å². The lowest BCUT2D eigenvalue weighted by Crippen LogP contribution is -2.43. The zero-order valence-corrected chi connectivity index (χ0v) is 15.5. The van der Waals surface area contributed by atoms with E-state index in [9.17, 15) is 9.13 Å². The molecule has 1 aliphatic rings. The van der Waals surface area contributed by atoms with Crippen LogP contribution in [-0.2, 0) is 27.2 Å². The Bertz CT molecular complexity index is 368. The van der Waals surface area contributed by atoms with Crippen LogP contribution in [-0.4, -0.2) is 38.0 Å². The molecule has 1 aliphatic carbocycles. The van der Waals surface area contributed by atoms with Crippen molar-refractivity contribution < 1.29 is 27.2 Å². The minimum Gasteiger partial charge on any atom is -0.307 e. The topological polar surface area (TPSA) is 95.1 Å². The molecule has 1 fully saturated rings. The SMILES string of the molecule is CCOP(=O)(OCC)C(NNC1CC1)P(=O)(OCC)OCC. The van der Waals surface area contributed by atoms with E-state index in [2.05, 4.69) is 10.9 Å². The monoisotopic (exact) mass is 358 g/mol. The molecule has 8 nitrogen and oxygen atoms in total. The molecule has 0 spiro atoms. The van der Waals surface area contributed by atoms with Gasteiger partial charge in [-0.25, -0.2) is 5.43 Å². The molecule has 0 aliphatic heterocycles. The van der Waals surface area contributed by atoms with Gasteiger partial charge in [0.05, 0.1) is 26.4 Å². The van der Waals surface area contributed by atoms with Gasteiger partial charge in [0.25, 0.3) is 0 Å². The average Bonchev–Trinajstić information content (AvgIpc) is 3.24. The van der Waals surface area contributed by atoms with Crippen molar-refractivity contribution in [2.24, 2.45) is 0 Å². The number of hydrogen-bond acceptors (Lipinski definition) is 8. The van der Waals surface area contributed by atoms with Crippen LogP contribution in [0, 0.1) is 0 Å². The van der Waals surface area contributed by atoms with Crippen LogP contribution in [0.5, 0.6) is 0 Å². The summed E-state index contributed by atoms with van der Waals surface area (Å²) >= 11 is 0. The second-order valence-electron chi connectivity index (χ2n) is 4.69. The van der Waals surface area contributed by atoms with Crippen LogP contribution in [0.4, 0.5) is 0 Å². The number of hydrogen-bond donors (Lipinski definition) is 2. The fourth-order valence-corrected chi connectivity index (χ4v) is 6.63. The zero-order chi connectivity index (χ0) is 16.6. The molecule has 1 saturated carbocycles. The minimum absolute atomic E-state index is 0.164. The van der Waals surface area contributed by atoms with Gasteiger partial charge in [0.2, 0.25) is 5.52 Å². The van der Waals surface area contributed by atoms with Crippen molar-refractivity contribution in [2.45, 2.75) is 52.1 Å². The molecule has 0 heterocycles. The molecule has 0 aromatic heterocycles. The van der Waals surface area contributed by atoms with Crippen LogP contribution in [0.25, 0.3) is 0 Å². The van der Waals surface area contributed by atoms with Crippen LogP contribution in [0.3, 0.4) is 0 Å². The molecule has 0 bridgehead atoms. The van der Waals surface area contributed by atoms with Gasteiger partial charge in [-0.2, -0.15) is 0 Å². The third kappa shape index (κ3) is 5.69. The number of rotatable bonds is 13. The molecule has 0 amide bonds. The lowest BCUT2D eigenvalue weighted by Gasteiger charge is -2.31. The molecule has 22 heavy (non-hydrogen) atoms. The maximum atomic E-state index is 13.1. The maximum absolute atomic E-state index is 13.1. The van der Waals surface area contributed by atoms with Gasteiger partial charge < -0.3 is 18.1 Å². The third-order valence-electron chi connectivity index (χ3n) is 2.83. The van der Waals surface area contributed by atoms with E-state index in [-0.39, 0.29) is 32.5 Å². The summed E-state index contributed by atoms with van der Waals surface area (Å²) in [6.45, 7) is 7.45. The van der Waals surface area contributed by atoms with Crippen LogP contribution < -0.4 is 10.9 Å². The summed E-state index contributed by atoms with van der Waals surface area (Å²) in [6, 6.07) is 0.260. The Morgan fingerprint density at radius 1 is 0.864 bits per heavy atom. The van der Waals surface area contributed by atoms with Crippen molar-refractivity contribution in [3.8, 4) is 0 Å². The van der Waals surface area contributed by atoms with Gasteiger partial charge in [-0.15, -0.1) is 0 Å². The summed E-state index contributed by atoms with van der Waals surface area (Å²) in [5.74, 6) is 0. The fraction of sp³-hybridized carbons (Fsp3) is 1.00. The standard InChI is InChI=1S/C12H28N2O6P2/c1-5-17-21(15,18-6-2)12(14-13-11-9-10-11)22(16,19-7-3)20-8-4/h11-14H,5-10H2,1-4H3. The first-order valence-electron chi connectivity index (χ1n) is 7.74. The normalized spacial score (nSPS) is 16.4. The fourth-order valence-electron chi connectivity index (χ4n) is 1.83.